The number of hydrogen-bond acceptors (Lipinski definition) is 3. The molecule has 0 aliphatic heterocycles. The van der Waals surface area contributed by atoms with Gasteiger partial charge >= 0.3 is 0 Å². The third-order valence-corrected chi connectivity index (χ3v) is 3.16. The van der Waals surface area contributed by atoms with Crippen molar-refractivity contribution in [3.8, 4) is 5.75 Å². The first-order valence-electron chi connectivity index (χ1n) is 5.66. The molecule has 17 heavy (non-hydrogen) atoms. The summed E-state index contributed by atoms with van der Waals surface area (Å²) in [4.78, 5) is 0. The molecule has 1 aromatic heterocycles. The van der Waals surface area contributed by atoms with Crippen LogP contribution in [0.15, 0.2) is 47.1 Å². The van der Waals surface area contributed by atoms with Gasteiger partial charge in [0.15, 0.2) is 0 Å². The lowest BCUT2D eigenvalue weighted by Gasteiger charge is -2.27. The van der Waals surface area contributed by atoms with E-state index in [-0.39, 0.29) is 11.2 Å². The van der Waals surface area contributed by atoms with Crippen LogP contribution in [0.2, 0.25) is 0 Å². The fraction of sp³-hybridized carbons (Fsp3) is 0.286. The third-order valence-electron chi connectivity index (χ3n) is 3.16. The number of hydrogen-bond donors (Lipinski definition) is 2. The minimum atomic E-state index is -0.175. The normalized spacial score (nSPS) is 14.5. The molecule has 90 valence electrons. The quantitative estimate of drug-likeness (QED) is 0.849. The average molecular weight is 231 g/mol. The molecule has 0 saturated heterocycles. The van der Waals surface area contributed by atoms with Crippen LogP contribution in [-0.2, 0) is 11.8 Å². The van der Waals surface area contributed by atoms with Crippen molar-refractivity contribution in [2.24, 2.45) is 5.73 Å². The van der Waals surface area contributed by atoms with Crippen molar-refractivity contribution in [3.63, 3.8) is 0 Å². The fourth-order valence-corrected chi connectivity index (χ4v) is 1.95. The molecule has 1 atom stereocenters. The highest BCUT2D eigenvalue weighted by Crippen LogP contribution is 2.28. The van der Waals surface area contributed by atoms with Gasteiger partial charge in [-0.1, -0.05) is 19.1 Å². The highest BCUT2D eigenvalue weighted by Gasteiger charge is 2.26. The molecule has 2 aromatic rings. The Labute approximate surface area is 101 Å². The summed E-state index contributed by atoms with van der Waals surface area (Å²) in [5, 5.41) is 9.30. The minimum Gasteiger partial charge on any atom is -0.508 e. The van der Waals surface area contributed by atoms with E-state index in [1.54, 1.807) is 18.4 Å². The van der Waals surface area contributed by atoms with Crippen molar-refractivity contribution in [2.45, 2.75) is 18.8 Å². The van der Waals surface area contributed by atoms with Crippen LogP contribution in [0.3, 0.4) is 0 Å². The Morgan fingerprint density at radius 3 is 2.47 bits per heavy atom. The van der Waals surface area contributed by atoms with Crippen LogP contribution in [0, 0.1) is 0 Å². The predicted octanol–water partition coefficient (Wildman–Crippen LogP) is 2.44. The number of nitrogens with two attached hydrogens (primary N) is 1. The lowest BCUT2D eigenvalue weighted by Crippen LogP contribution is -2.34. The highest BCUT2D eigenvalue weighted by atomic mass is 16.3. The van der Waals surface area contributed by atoms with Gasteiger partial charge in [-0.2, -0.15) is 0 Å². The van der Waals surface area contributed by atoms with Gasteiger partial charge in [-0.3, -0.25) is 0 Å². The molecule has 1 unspecified atom stereocenters. The molecule has 3 N–H and O–H groups in total. The van der Waals surface area contributed by atoms with Crippen molar-refractivity contribution in [3.05, 3.63) is 54.0 Å². The summed E-state index contributed by atoms with van der Waals surface area (Å²) in [6.07, 6.45) is 2.42. The second kappa shape index (κ2) is 4.63. The van der Waals surface area contributed by atoms with E-state index in [0.717, 1.165) is 17.7 Å². The van der Waals surface area contributed by atoms with Crippen molar-refractivity contribution in [1.29, 1.82) is 0 Å². The van der Waals surface area contributed by atoms with Gasteiger partial charge in [0.1, 0.15) is 11.5 Å². The van der Waals surface area contributed by atoms with Crippen LogP contribution in [0.5, 0.6) is 5.75 Å². The zero-order valence-electron chi connectivity index (χ0n) is 9.89. The average Bonchev–Trinajstić information content (AvgIpc) is 2.82. The topological polar surface area (TPSA) is 59.4 Å². The molecule has 3 nitrogen and oxygen atoms in total. The molecule has 1 heterocycles. The van der Waals surface area contributed by atoms with Crippen LogP contribution in [-0.4, -0.2) is 11.7 Å². The number of benzene rings is 1. The predicted molar refractivity (Wildman–Crippen MR) is 66.9 cm³/mol. The number of phenolic OH excluding ortho intramolecular Hbond substituents is 1. The van der Waals surface area contributed by atoms with E-state index in [1.165, 1.54) is 0 Å². The Morgan fingerprint density at radius 1 is 1.24 bits per heavy atom. The highest BCUT2D eigenvalue weighted by molar-refractivity contribution is 5.32. The molecule has 2 rings (SSSR count). The van der Waals surface area contributed by atoms with Gasteiger partial charge in [0.05, 0.1) is 6.26 Å². The van der Waals surface area contributed by atoms with Crippen LogP contribution in [0.1, 0.15) is 18.2 Å². The maximum Gasteiger partial charge on any atom is 0.115 e. The van der Waals surface area contributed by atoms with E-state index in [0.29, 0.717) is 6.54 Å². The van der Waals surface area contributed by atoms with Crippen molar-refractivity contribution in [1.82, 2.24) is 0 Å². The van der Waals surface area contributed by atoms with Gasteiger partial charge in [-0.15, -0.1) is 0 Å². The molecule has 0 radical (unpaired) electrons. The van der Waals surface area contributed by atoms with E-state index in [1.807, 2.05) is 24.3 Å². The van der Waals surface area contributed by atoms with Gasteiger partial charge in [0.2, 0.25) is 0 Å². The standard InChI is InChI=1S/C14H17NO2/c1-14(10-15,9-13-3-2-8-17-13)11-4-6-12(16)7-5-11/h2-8,16H,9-10,15H2,1H3. The molecule has 3 heteroatoms. The molecule has 1 aromatic carbocycles. The van der Waals surface area contributed by atoms with E-state index in [9.17, 15) is 5.11 Å². The third kappa shape index (κ3) is 2.50. The Balaban J connectivity index is 2.27. The summed E-state index contributed by atoms with van der Waals surface area (Å²) < 4.78 is 5.37. The number of aromatic hydroxyl groups is 1. The van der Waals surface area contributed by atoms with E-state index in [4.69, 9.17) is 10.2 Å². The Morgan fingerprint density at radius 2 is 1.94 bits per heavy atom. The first-order valence-corrected chi connectivity index (χ1v) is 5.66. The summed E-state index contributed by atoms with van der Waals surface area (Å²) in [5.74, 6) is 1.19. The Bertz CT molecular complexity index is 461. The number of rotatable bonds is 4. The van der Waals surface area contributed by atoms with Gasteiger partial charge < -0.3 is 15.3 Å². The van der Waals surface area contributed by atoms with Crippen LogP contribution in [0.25, 0.3) is 0 Å². The Hall–Kier alpha value is -1.74. The van der Waals surface area contributed by atoms with Crippen molar-refractivity contribution < 1.29 is 9.52 Å². The lowest BCUT2D eigenvalue weighted by molar-refractivity contribution is 0.411. The molecule has 0 bridgehead atoms. The zero-order valence-corrected chi connectivity index (χ0v) is 9.89. The summed E-state index contributed by atoms with van der Waals surface area (Å²) in [6.45, 7) is 2.63. The maximum absolute atomic E-state index is 9.30. The summed E-state index contributed by atoms with van der Waals surface area (Å²) >= 11 is 0. The van der Waals surface area contributed by atoms with Gasteiger partial charge in [0.25, 0.3) is 0 Å². The molecule has 0 aliphatic carbocycles. The molecule has 0 spiro atoms. The monoisotopic (exact) mass is 231 g/mol. The molecule has 0 fully saturated rings. The first-order chi connectivity index (χ1) is 8.14. The zero-order chi connectivity index (χ0) is 12.3. The molecule has 0 aliphatic rings. The van der Waals surface area contributed by atoms with Gasteiger partial charge in [-0.05, 0) is 29.8 Å². The smallest absolute Gasteiger partial charge is 0.115 e. The summed E-state index contributed by atoms with van der Waals surface area (Å²) in [6, 6.07) is 11.0. The fourth-order valence-electron chi connectivity index (χ4n) is 1.95. The van der Waals surface area contributed by atoms with Crippen LogP contribution in [0.4, 0.5) is 0 Å². The van der Waals surface area contributed by atoms with Gasteiger partial charge in [-0.25, -0.2) is 0 Å². The molecule has 0 amide bonds. The summed E-state index contributed by atoms with van der Waals surface area (Å²) in [7, 11) is 0. The molecule has 0 saturated carbocycles. The van der Waals surface area contributed by atoms with Crippen molar-refractivity contribution >= 4 is 0 Å². The number of phenols is 1. The van der Waals surface area contributed by atoms with Crippen molar-refractivity contribution in [2.75, 3.05) is 6.54 Å². The van der Waals surface area contributed by atoms with E-state index in [2.05, 4.69) is 6.92 Å². The molecular formula is C14H17NO2. The Kier molecular flexibility index (Phi) is 3.20. The van der Waals surface area contributed by atoms with Gasteiger partial charge in [0, 0.05) is 18.4 Å². The molecular weight excluding hydrogens is 214 g/mol. The lowest BCUT2D eigenvalue weighted by atomic mass is 9.79. The second-order valence-corrected chi connectivity index (χ2v) is 4.57. The number of furan rings is 1. The maximum atomic E-state index is 9.30. The van der Waals surface area contributed by atoms with Crippen LogP contribution < -0.4 is 5.73 Å². The largest absolute Gasteiger partial charge is 0.508 e. The summed E-state index contributed by atoms with van der Waals surface area (Å²) in [5.41, 5.74) is 6.82. The minimum absolute atomic E-state index is 0.175. The second-order valence-electron chi connectivity index (χ2n) is 4.57. The first kappa shape index (κ1) is 11.7. The SMILES string of the molecule is CC(CN)(Cc1ccco1)c1ccc(O)cc1. The van der Waals surface area contributed by atoms with Crippen LogP contribution >= 0.6 is 0 Å². The van der Waals surface area contributed by atoms with E-state index >= 15 is 0 Å². The van der Waals surface area contributed by atoms with E-state index < -0.39 is 0 Å².